The molecule has 186 valence electrons. The van der Waals surface area contributed by atoms with Crippen molar-refractivity contribution in [3.63, 3.8) is 0 Å². The van der Waals surface area contributed by atoms with Crippen molar-refractivity contribution in [3.8, 4) is 28.7 Å². The van der Waals surface area contributed by atoms with Crippen LogP contribution >= 0.6 is 0 Å². The number of pyridine rings is 1. The second kappa shape index (κ2) is 9.95. The van der Waals surface area contributed by atoms with Gasteiger partial charge in [0.2, 0.25) is 5.88 Å². The fourth-order valence-corrected chi connectivity index (χ4v) is 4.27. The third kappa shape index (κ3) is 5.82. The van der Waals surface area contributed by atoms with Crippen molar-refractivity contribution in [3.05, 3.63) is 42.6 Å². The van der Waals surface area contributed by atoms with E-state index in [-0.39, 0.29) is 18.1 Å². The highest BCUT2D eigenvalue weighted by molar-refractivity contribution is 5.64. The van der Waals surface area contributed by atoms with Crippen LogP contribution in [0.4, 0.5) is 5.69 Å². The molecule has 2 fully saturated rings. The molecule has 35 heavy (non-hydrogen) atoms. The van der Waals surface area contributed by atoms with Crippen LogP contribution in [0.1, 0.15) is 39.5 Å². The van der Waals surface area contributed by atoms with Crippen LogP contribution in [-0.4, -0.2) is 62.4 Å². The molecular formula is C27H35N5O3. The number of hydrogen-bond acceptors (Lipinski definition) is 7. The van der Waals surface area contributed by atoms with Crippen LogP contribution in [0.25, 0.3) is 22.8 Å². The van der Waals surface area contributed by atoms with Crippen LogP contribution in [0.15, 0.2) is 42.6 Å². The Morgan fingerprint density at radius 3 is 2.34 bits per heavy atom. The number of rotatable bonds is 9. The molecule has 2 aromatic heterocycles. The summed E-state index contributed by atoms with van der Waals surface area (Å²) in [5.41, 5.74) is 2.60. The van der Waals surface area contributed by atoms with Gasteiger partial charge in [-0.2, -0.15) is 5.10 Å². The predicted molar refractivity (Wildman–Crippen MR) is 135 cm³/mol. The lowest BCUT2D eigenvalue weighted by Gasteiger charge is -2.31. The Bertz CT molecular complexity index is 1110. The average molecular weight is 478 g/mol. The van der Waals surface area contributed by atoms with Gasteiger partial charge in [0.1, 0.15) is 0 Å². The molecule has 3 aromatic rings. The van der Waals surface area contributed by atoms with Crippen molar-refractivity contribution in [2.24, 2.45) is 11.3 Å². The van der Waals surface area contributed by atoms with Crippen LogP contribution in [0.2, 0.25) is 0 Å². The Morgan fingerprint density at radius 2 is 1.71 bits per heavy atom. The van der Waals surface area contributed by atoms with Crippen molar-refractivity contribution < 1.29 is 14.9 Å². The van der Waals surface area contributed by atoms with Gasteiger partial charge in [0.05, 0.1) is 19.3 Å². The molecule has 2 aliphatic rings. The fourth-order valence-electron chi connectivity index (χ4n) is 4.27. The SMILES string of the molecule is CC(C)(CO)Cn1nc(-c2ccc(N3CCC(O)CC3)cc2)nc1-c1ccc(OCC2CC2)nc1. The number of aliphatic hydroxyl groups excluding tert-OH is 2. The second-order valence-corrected chi connectivity index (χ2v) is 10.6. The van der Waals surface area contributed by atoms with Crippen LogP contribution in [-0.2, 0) is 6.54 Å². The molecule has 1 saturated heterocycles. The Kier molecular flexibility index (Phi) is 6.75. The number of nitrogens with zero attached hydrogens (tertiary/aromatic N) is 5. The van der Waals surface area contributed by atoms with E-state index in [1.807, 2.05) is 42.8 Å². The van der Waals surface area contributed by atoms with E-state index in [1.165, 1.54) is 12.8 Å². The van der Waals surface area contributed by atoms with Crippen molar-refractivity contribution in [2.75, 3.05) is 31.2 Å². The van der Waals surface area contributed by atoms with E-state index in [0.717, 1.165) is 55.2 Å². The summed E-state index contributed by atoms with van der Waals surface area (Å²) in [5, 5.41) is 24.4. The lowest BCUT2D eigenvalue weighted by atomic mass is 9.95. The minimum Gasteiger partial charge on any atom is -0.477 e. The molecule has 1 aromatic carbocycles. The first-order valence-corrected chi connectivity index (χ1v) is 12.6. The normalized spacial score (nSPS) is 17.1. The number of benzene rings is 1. The van der Waals surface area contributed by atoms with Crippen LogP contribution in [0.3, 0.4) is 0 Å². The van der Waals surface area contributed by atoms with Gasteiger partial charge in [-0.05, 0) is 61.9 Å². The summed E-state index contributed by atoms with van der Waals surface area (Å²) in [6.07, 6.45) is 5.69. The van der Waals surface area contributed by atoms with Crippen LogP contribution in [0.5, 0.6) is 5.88 Å². The second-order valence-electron chi connectivity index (χ2n) is 10.6. The molecule has 0 unspecified atom stereocenters. The van der Waals surface area contributed by atoms with Gasteiger partial charge in [0.25, 0.3) is 0 Å². The molecular weight excluding hydrogens is 442 g/mol. The van der Waals surface area contributed by atoms with E-state index in [2.05, 4.69) is 22.0 Å². The van der Waals surface area contributed by atoms with E-state index in [4.69, 9.17) is 14.8 Å². The summed E-state index contributed by atoms with van der Waals surface area (Å²) < 4.78 is 7.65. The molecule has 8 heteroatoms. The Balaban J connectivity index is 1.39. The first-order valence-electron chi connectivity index (χ1n) is 12.6. The monoisotopic (exact) mass is 477 g/mol. The first-order chi connectivity index (χ1) is 16.9. The molecule has 1 aliphatic heterocycles. The maximum atomic E-state index is 9.85. The molecule has 1 saturated carbocycles. The number of ether oxygens (including phenoxy) is 1. The Hall–Kier alpha value is -2.97. The highest BCUT2D eigenvalue weighted by Crippen LogP contribution is 2.30. The van der Waals surface area contributed by atoms with Crippen LogP contribution in [0, 0.1) is 11.3 Å². The topological polar surface area (TPSA) is 96.5 Å². The fraction of sp³-hybridized carbons (Fsp3) is 0.519. The maximum absolute atomic E-state index is 9.85. The van der Waals surface area contributed by atoms with E-state index >= 15 is 0 Å². The molecule has 0 radical (unpaired) electrons. The zero-order valence-corrected chi connectivity index (χ0v) is 20.6. The average Bonchev–Trinajstić information content (AvgIpc) is 3.62. The van der Waals surface area contributed by atoms with Gasteiger partial charge < -0.3 is 19.8 Å². The Labute approximate surface area is 206 Å². The summed E-state index contributed by atoms with van der Waals surface area (Å²) in [7, 11) is 0. The largest absolute Gasteiger partial charge is 0.477 e. The number of aromatic nitrogens is 4. The summed E-state index contributed by atoms with van der Waals surface area (Å²) >= 11 is 0. The molecule has 0 atom stereocenters. The third-order valence-electron chi connectivity index (χ3n) is 6.79. The molecule has 0 amide bonds. The van der Waals surface area contributed by atoms with Crippen molar-refractivity contribution in [1.29, 1.82) is 0 Å². The number of hydrogen-bond donors (Lipinski definition) is 2. The van der Waals surface area contributed by atoms with E-state index in [9.17, 15) is 10.2 Å². The maximum Gasteiger partial charge on any atom is 0.213 e. The first kappa shape index (κ1) is 23.8. The Morgan fingerprint density at radius 1 is 1.00 bits per heavy atom. The number of anilines is 1. The van der Waals surface area contributed by atoms with E-state index in [1.54, 1.807) is 6.20 Å². The molecule has 5 rings (SSSR count). The third-order valence-corrected chi connectivity index (χ3v) is 6.79. The standard InChI is InChI=1S/C27H35N5O3/c1-27(2,18-33)17-32-26(21-7-10-24(28-15-21)35-16-19-3-4-19)29-25(30-32)20-5-8-22(9-6-20)31-13-11-23(34)12-14-31/h5-10,15,19,23,33-34H,3-4,11-14,16-18H2,1-2H3. The lowest BCUT2D eigenvalue weighted by Crippen LogP contribution is -2.35. The van der Waals surface area contributed by atoms with E-state index < -0.39 is 0 Å². The zero-order valence-electron chi connectivity index (χ0n) is 20.6. The quantitative estimate of drug-likeness (QED) is 0.484. The van der Waals surface area contributed by atoms with Crippen molar-refractivity contribution in [2.45, 2.75) is 52.2 Å². The smallest absolute Gasteiger partial charge is 0.213 e. The highest BCUT2D eigenvalue weighted by Gasteiger charge is 2.24. The summed E-state index contributed by atoms with van der Waals surface area (Å²) in [4.78, 5) is 11.7. The van der Waals surface area contributed by atoms with Gasteiger partial charge in [0.15, 0.2) is 11.6 Å². The van der Waals surface area contributed by atoms with Gasteiger partial charge in [-0.15, -0.1) is 0 Å². The van der Waals surface area contributed by atoms with Gasteiger partial charge in [-0.1, -0.05) is 13.8 Å². The summed E-state index contributed by atoms with van der Waals surface area (Å²) in [5.74, 6) is 2.67. The summed E-state index contributed by atoms with van der Waals surface area (Å²) in [6, 6.07) is 12.1. The molecule has 8 nitrogen and oxygen atoms in total. The van der Waals surface area contributed by atoms with E-state index in [0.29, 0.717) is 24.2 Å². The minimum atomic E-state index is -0.344. The van der Waals surface area contributed by atoms with Gasteiger partial charge >= 0.3 is 0 Å². The minimum absolute atomic E-state index is 0.0487. The molecule has 0 bridgehead atoms. The predicted octanol–water partition coefficient (Wildman–Crippen LogP) is 3.78. The van der Waals surface area contributed by atoms with Gasteiger partial charge in [0, 0.05) is 54.2 Å². The van der Waals surface area contributed by atoms with Crippen LogP contribution < -0.4 is 9.64 Å². The van der Waals surface area contributed by atoms with Crippen molar-refractivity contribution >= 4 is 5.69 Å². The zero-order chi connectivity index (χ0) is 24.4. The summed E-state index contributed by atoms with van der Waals surface area (Å²) in [6.45, 7) is 7.05. The van der Waals surface area contributed by atoms with Crippen molar-refractivity contribution in [1.82, 2.24) is 19.7 Å². The van der Waals surface area contributed by atoms with Gasteiger partial charge in [-0.3, -0.25) is 0 Å². The molecule has 1 aliphatic carbocycles. The molecule has 2 N–H and O–H groups in total. The number of aliphatic hydroxyl groups is 2. The lowest BCUT2D eigenvalue weighted by molar-refractivity contribution is 0.137. The molecule has 3 heterocycles. The number of piperidine rings is 1. The highest BCUT2D eigenvalue weighted by atomic mass is 16.5. The molecule has 0 spiro atoms. The van der Waals surface area contributed by atoms with Gasteiger partial charge in [-0.25, -0.2) is 14.6 Å².